The third-order valence-electron chi connectivity index (χ3n) is 6.37. The zero-order valence-electron chi connectivity index (χ0n) is 17.9. The fraction of sp³-hybridized carbons (Fsp3) is 0.185. The van der Waals surface area contributed by atoms with Gasteiger partial charge in [0.1, 0.15) is 0 Å². The molecule has 5 heteroatoms. The largest absolute Gasteiger partial charge is 0.361 e. The van der Waals surface area contributed by atoms with E-state index in [0.29, 0.717) is 12.1 Å². The maximum absolute atomic E-state index is 13.5. The summed E-state index contributed by atoms with van der Waals surface area (Å²) in [6, 6.07) is 25.1. The van der Waals surface area contributed by atoms with Crippen LogP contribution < -0.4 is 5.32 Å². The highest BCUT2D eigenvalue weighted by Gasteiger charge is 2.42. The van der Waals surface area contributed by atoms with Gasteiger partial charge < -0.3 is 15.2 Å². The molecule has 160 valence electrons. The Balaban J connectivity index is 1.42. The van der Waals surface area contributed by atoms with Gasteiger partial charge in [0, 0.05) is 36.3 Å². The van der Waals surface area contributed by atoms with Gasteiger partial charge >= 0.3 is 0 Å². The van der Waals surface area contributed by atoms with Gasteiger partial charge in [0.2, 0.25) is 5.91 Å². The predicted molar refractivity (Wildman–Crippen MR) is 125 cm³/mol. The molecule has 32 heavy (non-hydrogen) atoms. The van der Waals surface area contributed by atoms with Crippen molar-refractivity contribution in [2.45, 2.75) is 18.4 Å². The first-order valence-corrected chi connectivity index (χ1v) is 10.9. The van der Waals surface area contributed by atoms with Crippen LogP contribution in [0.2, 0.25) is 0 Å². The fourth-order valence-electron chi connectivity index (χ4n) is 4.79. The molecule has 4 aromatic rings. The van der Waals surface area contributed by atoms with Crippen molar-refractivity contribution in [3.63, 3.8) is 0 Å². The molecule has 0 saturated carbocycles. The van der Waals surface area contributed by atoms with Crippen LogP contribution in [0.4, 0.5) is 0 Å². The number of rotatable bonds is 5. The van der Waals surface area contributed by atoms with Gasteiger partial charge in [-0.1, -0.05) is 66.7 Å². The van der Waals surface area contributed by atoms with Crippen molar-refractivity contribution in [3.05, 3.63) is 107 Å². The Morgan fingerprint density at radius 2 is 1.69 bits per heavy atom. The maximum atomic E-state index is 13.5. The molecule has 1 aliphatic rings. The Kier molecular flexibility index (Phi) is 5.23. The highest BCUT2D eigenvalue weighted by Crippen LogP contribution is 2.41. The van der Waals surface area contributed by atoms with E-state index in [1.165, 1.54) is 10.9 Å². The summed E-state index contributed by atoms with van der Waals surface area (Å²) < 4.78 is 0. The van der Waals surface area contributed by atoms with Gasteiger partial charge in [0.15, 0.2) is 0 Å². The van der Waals surface area contributed by atoms with E-state index in [1.807, 2.05) is 79.0 Å². The van der Waals surface area contributed by atoms with Crippen LogP contribution in [0.3, 0.4) is 0 Å². The average Bonchev–Trinajstić information content (AvgIpc) is 3.25. The molecular formula is C27H25N3O2. The molecule has 0 spiro atoms. The topological polar surface area (TPSA) is 65.2 Å². The minimum absolute atomic E-state index is 0.0581. The van der Waals surface area contributed by atoms with Gasteiger partial charge in [-0.2, -0.15) is 0 Å². The van der Waals surface area contributed by atoms with Crippen LogP contribution in [-0.4, -0.2) is 35.3 Å². The first-order chi connectivity index (χ1) is 15.6. The van der Waals surface area contributed by atoms with Crippen LogP contribution in [0, 0.1) is 0 Å². The summed E-state index contributed by atoms with van der Waals surface area (Å²) >= 11 is 0. The first kappa shape index (κ1) is 20.1. The number of aromatic nitrogens is 1. The number of amides is 2. The lowest BCUT2D eigenvalue weighted by Crippen LogP contribution is -2.45. The van der Waals surface area contributed by atoms with Crippen LogP contribution in [0.5, 0.6) is 0 Å². The lowest BCUT2D eigenvalue weighted by molar-refractivity contribution is -0.124. The SMILES string of the molecule is CN1C(=O)c2ccccc2[C@@H](C(=O)NCCc2c[nH]c3ccccc23)[C@@H]1c1ccccc1. The number of nitrogens with one attached hydrogen (secondary N) is 2. The van der Waals surface area contributed by atoms with Gasteiger partial charge in [0.05, 0.1) is 12.0 Å². The maximum Gasteiger partial charge on any atom is 0.254 e. The summed E-state index contributed by atoms with van der Waals surface area (Å²) in [5.41, 5.74) is 4.61. The molecule has 0 unspecified atom stereocenters. The molecule has 1 aromatic heterocycles. The van der Waals surface area contributed by atoms with Crippen LogP contribution in [0.15, 0.2) is 85.1 Å². The molecule has 2 amide bonds. The smallest absolute Gasteiger partial charge is 0.254 e. The third-order valence-corrected chi connectivity index (χ3v) is 6.37. The number of H-pyrrole nitrogens is 1. The number of carbonyl (C=O) groups is 2. The molecule has 5 rings (SSSR count). The molecule has 2 atom stereocenters. The molecule has 2 N–H and O–H groups in total. The van der Waals surface area contributed by atoms with E-state index in [2.05, 4.69) is 16.4 Å². The zero-order chi connectivity index (χ0) is 22.1. The summed E-state index contributed by atoms with van der Waals surface area (Å²) in [5.74, 6) is -0.595. The zero-order valence-corrected chi connectivity index (χ0v) is 17.9. The number of likely N-dealkylation sites (N-methyl/N-ethyl adjacent to an activating group) is 1. The Bertz CT molecular complexity index is 1280. The van der Waals surface area contributed by atoms with Gasteiger partial charge in [-0.25, -0.2) is 0 Å². The van der Waals surface area contributed by atoms with Crippen molar-refractivity contribution in [2.75, 3.05) is 13.6 Å². The molecule has 0 saturated heterocycles. The number of aromatic amines is 1. The lowest BCUT2D eigenvalue weighted by Gasteiger charge is -2.39. The van der Waals surface area contributed by atoms with Crippen molar-refractivity contribution in [1.82, 2.24) is 15.2 Å². The average molecular weight is 424 g/mol. The van der Waals surface area contributed by atoms with Gasteiger partial charge in [-0.15, -0.1) is 0 Å². The highest BCUT2D eigenvalue weighted by molar-refractivity contribution is 6.01. The van der Waals surface area contributed by atoms with Crippen molar-refractivity contribution >= 4 is 22.7 Å². The second kappa shape index (κ2) is 8.35. The van der Waals surface area contributed by atoms with Gasteiger partial charge in [0.25, 0.3) is 5.91 Å². The van der Waals surface area contributed by atoms with Crippen LogP contribution in [-0.2, 0) is 11.2 Å². The predicted octanol–water partition coefficient (Wildman–Crippen LogP) is 4.44. The second-order valence-corrected chi connectivity index (χ2v) is 8.24. The molecular weight excluding hydrogens is 398 g/mol. The van der Waals surface area contributed by atoms with Crippen LogP contribution >= 0.6 is 0 Å². The highest BCUT2D eigenvalue weighted by atomic mass is 16.2. The third kappa shape index (κ3) is 3.46. The molecule has 0 radical (unpaired) electrons. The minimum Gasteiger partial charge on any atom is -0.361 e. The normalized spacial score (nSPS) is 17.9. The number of fused-ring (bicyclic) bond motifs is 2. The fourth-order valence-corrected chi connectivity index (χ4v) is 4.79. The number of hydrogen-bond acceptors (Lipinski definition) is 2. The molecule has 0 bridgehead atoms. The minimum atomic E-state index is -0.473. The molecule has 0 aliphatic carbocycles. The Morgan fingerprint density at radius 3 is 2.53 bits per heavy atom. The van der Waals surface area contributed by atoms with E-state index < -0.39 is 5.92 Å². The van der Waals surface area contributed by atoms with Gasteiger partial charge in [-0.3, -0.25) is 9.59 Å². The number of nitrogens with zero attached hydrogens (tertiary/aromatic N) is 1. The summed E-state index contributed by atoms with van der Waals surface area (Å²) in [5, 5.41) is 4.32. The lowest BCUT2D eigenvalue weighted by atomic mass is 9.79. The molecule has 3 aromatic carbocycles. The number of benzene rings is 3. The number of carbonyl (C=O) groups excluding carboxylic acids is 2. The van der Waals surface area contributed by atoms with E-state index in [1.54, 1.807) is 11.9 Å². The van der Waals surface area contributed by atoms with E-state index in [0.717, 1.165) is 23.1 Å². The van der Waals surface area contributed by atoms with E-state index in [-0.39, 0.29) is 17.9 Å². The summed E-state index contributed by atoms with van der Waals surface area (Å²) in [4.78, 5) is 31.6. The molecule has 2 heterocycles. The second-order valence-electron chi connectivity index (χ2n) is 8.24. The number of hydrogen-bond donors (Lipinski definition) is 2. The van der Waals surface area contributed by atoms with E-state index in [4.69, 9.17) is 0 Å². The Labute approximate surface area is 187 Å². The summed E-state index contributed by atoms with van der Waals surface area (Å²) in [7, 11) is 1.78. The van der Waals surface area contributed by atoms with Crippen LogP contribution in [0.1, 0.15) is 39.0 Å². The standard InChI is InChI=1S/C27H25N3O2/c1-30-25(18-9-3-2-4-10-18)24(21-12-5-6-13-22(21)27(30)32)26(31)28-16-15-19-17-29-23-14-8-7-11-20(19)23/h2-14,17,24-25,29H,15-16H2,1H3,(H,28,31)/t24-,25+/m1/s1. The van der Waals surface area contributed by atoms with Gasteiger partial charge in [-0.05, 0) is 35.2 Å². The van der Waals surface area contributed by atoms with Crippen molar-refractivity contribution in [3.8, 4) is 0 Å². The van der Waals surface area contributed by atoms with Crippen molar-refractivity contribution < 1.29 is 9.59 Å². The Morgan fingerprint density at radius 1 is 0.969 bits per heavy atom. The quantitative estimate of drug-likeness (QED) is 0.499. The summed E-state index contributed by atoms with van der Waals surface area (Å²) in [6.07, 6.45) is 2.74. The monoisotopic (exact) mass is 423 g/mol. The molecule has 5 nitrogen and oxygen atoms in total. The Hall–Kier alpha value is -3.86. The number of para-hydroxylation sites is 1. The summed E-state index contributed by atoms with van der Waals surface area (Å²) in [6.45, 7) is 0.526. The molecule has 0 fully saturated rings. The van der Waals surface area contributed by atoms with E-state index >= 15 is 0 Å². The van der Waals surface area contributed by atoms with Crippen molar-refractivity contribution in [2.24, 2.45) is 0 Å². The van der Waals surface area contributed by atoms with Crippen molar-refractivity contribution in [1.29, 1.82) is 0 Å². The molecule has 1 aliphatic heterocycles. The first-order valence-electron chi connectivity index (χ1n) is 10.9. The van der Waals surface area contributed by atoms with Crippen LogP contribution in [0.25, 0.3) is 10.9 Å². The van der Waals surface area contributed by atoms with E-state index in [9.17, 15) is 9.59 Å².